The minimum absolute atomic E-state index is 0.742. The van der Waals surface area contributed by atoms with E-state index in [9.17, 15) is 0 Å². The van der Waals surface area contributed by atoms with Gasteiger partial charge in [-0.25, -0.2) is 0 Å². The fourth-order valence-corrected chi connectivity index (χ4v) is 3.48. The molecule has 0 radical (unpaired) electrons. The molecule has 1 aromatic heterocycles. The number of hydrogen-bond donors (Lipinski definition) is 1. The molecule has 2 aromatic rings. The van der Waals surface area contributed by atoms with Crippen molar-refractivity contribution < 1.29 is 0 Å². The second-order valence-electron chi connectivity index (χ2n) is 4.56. The fourth-order valence-electron chi connectivity index (χ4n) is 2.33. The van der Waals surface area contributed by atoms with Crippen molar-refractivity contribution in [1.82, 2.24) is 10.2 Å². The van der Waals surface area contributed by atoms with Crippen LogP contribution < -0.4 is 4.90 Å². The molecule has 0 atom stereocenters. The zero-order valence-corrected chi connectivity index (χ0v) is 11.1. The summed E-state index contributed by atoms with van der Waals surface area (Å²) in [4.78, 5) is 3.77. The number of H-pyrrole nitrogens is 1. The summed E-state index contributed by atoms with van der Waals surface area (Å²) < 4.78 is 0. The summed E-state index contributed by atoms with van der Waals surface area (Å²) in [5.74, 6) is 1.15. The number of benzene rings is 1. The first-order chi connectivity index (χ1) is 8.92. The standard InChI is InChI=1S/C14H17N3S/c1-2-4-12(5-3-1)18-13-7-10-17(11-8-13)14-6-9-15-16-14/h1-6,9,13H,7-8,10-11H2,(H,15,16). The predicted molar refractivity (Wildman–Crippen MR) is 76.1 cm³/mol. The summed E-state index contributed by atoms with van der Waals surface area (Å²) in [6.45, 7) is 2.24. The fraction of sp³-hybridized carbons (Fsp3) is 0.357. The molecule has 3 nitrogen and oxygen atoms in total. The van der Waals surface area contributed by atoms with Gasteiger partial charge in [-0.1, -0.05) is 18.2 Å². The van der Waals surface area contributed by atoms with Crippen molar-refractivity contribution in [2.24, 2.45) is 0 Å². The molecule has 0 bridgehead atoms. The highest BCUT2D eigenvalue weighted by Crippen LogP contribution is 2.31. The van der Waals surface area contributed by atoms with Crippen LogP contribution in [0.1, 0.15) is 12.8 Å². The van der Waals surface area contributed by atoms with Gasteiger partial charge in [0, 0.05) is 29.3 Å². The van der Waals surface area contributed by atoms with Crippen molar-refractivity contribution >= 4 is 17.6 Å². The molecule has 0 aliphatic carbocycles. The number of nitrogens with one attached hydrogen (secondary N) is 1. The van der Waals surface area contributed by atoms with Gasteiger partial charge < -0.3 is 4.90 Å². The molecular weight excluding hydrogens is 242 g/mol. The van der Waals surface area contributed by atoms with Gasteiger partial charge in [0.1, 0.15) is 5.82 Å². The molecule has 0 unspecified atom stereocenters. The molecule has 3 rings (SSSR count). The molecule has 0 amide bonds. The Morgan fingerprint density at radius 2 is 1.89 bits per heavy atom. The zero-order valence-electron chi connectivity index (χ0n) is 10.2. The third-order valence-corrected chi connectivity index (χ3v) is 4.66. The molecule has 1 aliphatic rings. The van der Waals surface area contributed by atoms with Crippen LogP contribution in [-0.2, 0) is 0 Å². The first kappa shape index (κ1) is 11.7. The summed E-state index contributed by atoms with van der Waals surface area (Å²) in [6.07, 6.45) is 4.29. The predicted octanol–water partition coefficient (Wildman–Crippen LogP) is 3.17. The number of hydrogen-bond acceptors (Lipinski definition) is 3. The van der Waals surface area contributed by atoms with Crippen LogP contribution in [0.2, 0.25) is 0 Å². The number of aromatic amines is 1. The molecule has 4 heteroatoms. The van der Waals surface area contributed by atoms with Gasteiger partial charge in [-0.15, -0.1) is 11.8 Å². The Balaban J connectivity index is 1.54. The van der Waals surface area contributed by atoms with E-state index >= 15 is 0 Å². The summed E-state index contributed by atoms with van der Waals surface area (Å²) >= 11 is 2.01. The number of piperidine rings is 1. The molecule has 1 saturated heterocycles. The summed E-state index contributed by atoms with van der Waals surface area (Å²) in [7, 11) is 0. The summed E-state index contributed by atoms with van der Waals surface area (Å²) in [6, 6.07) is 12.7. The molecular formula is C14H17N3S. The molecule has 1 fully saturated rings. The lowest BCUT2D eigenvalue weighted by Crippen LogP contribution is -2.34. The van der Waals surface area contributed by atoms with E-state index in [0.29, 0.717) is 0 Å². The Morgan fingerprint density at radius 1 is 1.11 bits per heavy atom. The van der Waals surface area contributed by atoms with Gasteiger partial charge in [-0.3, -0.25) is 5.10 Å². The van der Waals surface area contributed by atoms with E-state index in [0.717, 1.165) is 24.2 Å². The third kappa shape index (κ3) is 2.70. The van der Waals surface area contributed by atoms with Crippen molar-refractivity contribution in [3.63, 3.8) is 0 Å². The Hall–Kier alpha value is -1.42. The smallest absolute Gasteiger partial charge is 0.123 e. The number of anilines is 1. The highest BCUT2D eigenvalue weighted by molar-refractivity contribution is 8.00. The van der Waals surface area contributed by atoms with Crippen molar-refractivity contribution in [3.05, 3.63) is 42.6 Å². The van der Waals surface area contributed by atoms with Gasteiger partial charge in [0.25, 0.3) is 0 Å². The van der Waals surface area contributed by atoms with Crippen LogP contribution >= 0.6 is 11.8 Å². The molecule has 0 spiro atoms. The maximum atomic E-state index is 4.01. The second kappa shape index (κ2) is 5.48. The van der Waals surface area contributed by atoms with E-state index in [-0.39, 0.29) is 0 Å². The molecule has 0 saturated carbocycles. The second-order valence-corrected chi connectivity index (χ2v) is 5.93. The third-order valence-electron chi connectivity index (χ3n) is 3.31. The van der Waals surface area contributed by atoms with E-state index in [1.165, 1.54) is 17.7 Å². The first-order valence-electron chi connectivity index (χ1n) is 6.38. The summed E-state index contributed by atoms with van der Waals surface area (Å²) in [5.41, 5.74) is 0. The van der Waals surface area contributed by atoms with Crippen LogP contribution in [0.5, 0.6) is 0 Å². The SMILES string of the molecule is c1ccc(SC2CCN(c3ccn[nH]3)CC2)cc1. The lowest BCUT2D eigenvalue weighted by atomic mass is 10.1. The van der Waals surface area contributed by atoms with Gasteiger partial charge in [-0.05, 0) is 25.0 Å². The number of thioether (sulfide) groups is 1. The molecule has 1 aromatic carbocycles. The number of aromatic nitrogens is 2. The maximum Gasteiger partial charge on any atom is 0.123 e. The largest absolute Gasteiger partial charge is 0.357 e. The van der Waals surface area contributed by atoms with Gasteiger partial charge in [0.2, 0.25) is 0 Å². The van der Waals surface area contributed by atoms with Crippen LogP contribution in [0.4, 0.5) is 5.82 Å². The van der Waals surface area contributed by atoms with Crippen molar-refractivity contribution in [2.45, 2.75) is 23.0 Å². The molecule has 1 aliphatic heterocycles. The van der Waals surface area contributed by atoms with E-state index in [1.807, 2.05) is 24.0 Å². The topological polar surface area (TPSA) is 31.9 Å². The van der Waals surface area contributed by atoms with Crippen LogP contribution in [0, 0.1) is 0 Å². The minimum Gasteiger partial charge on any atom is -0.357 e. The van der Waals surface area contributed by atoms with Crippen LogP contribution in [0.15, 0.2) is 47.5 Å². The lowest BCUT2D eigenvalue weighted by molar-refractivity contribution is 0.586. The highest BCUT2D eigenvalue weighted by atomic mass is 32.2. The maximum absolute atomic E-state index is 4.01. The molecule has 1 N–H and O–H groups in total. The van der Waals surface area contributed by atoms with E-state index in [1.54, 1.807) is 0 Å². The normalized spacial score (nSPS) is 17.0. The lowest BCUT2D eigenvalue weighted by Gasteiger charge is -2.32. The van der Waals surface area contributed by atoms with E-state index < -0.39 is 0 Å². The Bertz CT molecular complexity index is 461. The Labute approximate surface area is 112 Å². The van der Waals surface area contributed by atoms with Crippen molar-refractivity contribution in [1.29, 1.82) is 0 Å². The van der Waals surface area contributed by atoms with Gasteiger partial charge in [0.15, 0.2) is 0 Å². The number of nitrogens with zero attached hydrogens (tertiary/aromatic N) is 2. The zero-order chi connectivity index (χ0) is 12.2. The summed E-state index contributed by atoms with van der Waals surface area (Å²) in [5, 5.41) is 7.79. The van der Waals surface area contributed by atoms with Gasteiger partial charge in [0.05, 0.1) is 6.20 Å². The van der Waals surface area contributed by atoms with Crippen molar-refractivity contribution in [3.8, 4) is 0 Å². The minimum atomic E-state index is 0.742. The monoisotopic (exact) mass is 259 g/mol. The average molecular weight is 259 g/mol. The van der Waals surface area contributed by atoms with E-state index in [4.69, 9.17) is 0 Å². The van der Waals surface area contributed by atoms with Crippen LogP contribution in [0.25, 0.3) is 0 Å². The van der Waals surface area contributed by atoms with Crippen LogP contribution in [-0.4, -0.2) is 28.5 Å². The van der Waals surface area contributed by atoms with Gasteiger partial charge >= 0.3 is 0 Å². The quantitative estimate of drug-likeness (QED) is 0.918. The van der Waals surface area contributed by atoms with Gasteiger partial charge in [-0.2, -0.15) is 5.10 Å². The Morgan fingerprint density at radius 3 is 2.56 bits per heavy atom. The van der Waals surface area contributed by atoms with Crippen molar-refractivity contribution in [2.75, 3.05) is 18.0 Å². The molecule has 18 heavy (non-hydrogen) atoms. The molecule has 94 valence electrons. The number of rotatable bonds is 3. The molecule has 2 heterocycles. The first-order valence-corrected chi connectivity index (χ1v) is 7.26. The average Bonchev–Trinajstić information content (AvgIpc) is 2.95. The highest BCUT2D eigenvalue weighted by Gasteiger charge is 2.20. The van der Waals surface area contributed by atoms with E-state index in [2.05, 4.69) is 45.4 Å². The van der Waals surface area contributed by atoms with Crippen LogP contribution in [0.3, 0.4) is 0 Å². The Kier molecular flexibility index (Phi) is 3.55.